The predicted molar refractivity (Wildman–Crippen MR) is 84.4 cm³/mol. The quantitative estimate of drug-likeness (QED) is 0.794. The Bertz CT molecular complexity index is 464. The van der Waals surface area contributed by atoms with E-state index >= 15 is 0 Å². The number of carbonyl (C=O) groups excluding carboxylic acids is 1. The number of carbonyl (C=O) groups is 1. The molecule has 1 aromatic heterocycles. The van der Waals surface area contributed by atoms with E-state index in [2.05, 4.69) is 22.1 Å². The Hall–Kier alpha value is -0.980. The molecule has 0 radical (unpaired) electrons. The van der Waals surface area contributed by atoms with Crippen LogP contribution in [0.25, 0.3) is 0 Å². The van der Waals surface area contributed by atoms with Crippen LogP contribution >= 0.6 is 11.3 Å². The van der Waals surface area contributed by atoms with Gasteiger partial charge < -0.3 is 10.4 Å². The van der Waals surface area contributed by atoms with Crippen LogP contribution in [0.1, 0.15) is 30.5 Å². The summed E-state index contributed by atoms with van der Waals surface area (Å²) in [5.41, 5.74) is 0.854. The van der Waals surface area contributed by atoms with Crippen molar-refractivity contribution in [1.82, 2.24) is 15.2 Å². The summed E-state index contributed by atoms with van der Waals surface area (Å²) in [6.45, 7) is 6.80. The average molecular weight is 311 g/mol. The summed E-state index contributed by atoms with van der Waals surface area (Å²) in [4.78, 5) is 18.8. The molecule has 1 saturated heterocycles. The number of aryl methyl sites for hydroxylation is 1. The molecule has 0 spiro atoms. The van der Waals surface area contributed by atoms with Gasteiger partial charge in [0.25, 0.3) is 0 Å². The highest BCUT2D eigenvalue weighted by molar-refractivity contribution is 7.09. The maximum absolute atomic E-state index is 12.2. The number of rotatable bonds is 7. The molecule has 21 heavy (non-hydrogen) atoms. The maximum atomic E-state index is 12.2. The third kappa shape index (κ3) is 4.76. The van der Waals surface area contributed by atoms with E-state index in [-0.39, 0.29) is 18.6 Å². The van der Waals surface area contributed by atoms with Crippen LogP contribution in [0.2, 0.25) is 0 Å². The number of amides is 1. The first-order valence-electron chi connectivity index (χ1n) is 7.66. The largest absolute Gasteiger partial charge is 0.395 e. The van der Waals surface area contributed by atoms with Gasteiger partial charge in [-0.05, 0) is 19.3 Å². The number of nitrogens with one attached hydrogen (secondary N) is 1. The fourth-order valence-electron chi connectivity index (χ4n) is 3.02. The maximum Gasteiger partial charge on any atom is 0.226 e. The minimum atomic E-state index is 0.0530. The van der Waals surface area contributed by atoms with Gasteiger partial charge in [-0.1, -0.05) is 13.3 Å². The lowest BCUT2D eigenvalue weighted by molar-refractivity contribution is -0.121. The Balaban J connectivity index is 1.88. The van der Waals surface area contributed by atoms with E-state index in [1.54, 1.807) is 11.3 Å². The second kappa shape index (κ2) is 7.87. The summed E-state index contributed by atoms with van der Waals surface area (Å²) in [5.74, 6) is 0.542. The van der Waals surface area contributed by atoms with Crippen molar-refractivity contribution in [2.45, 2.75) is 39.2 Å². The van der Waals surface area contributed by atoms with Gasteiger partial charge in [0.2, 0.25) is 5.91 Å². The molecule has 0 aromatic carbocycles. The molecule has 0 bridgehead atoms. The zero-order valence-corrected chi connectivity index (χ0v) is 13.7. The summed E-state index contributed by atoms with van der Waals surface area (Å²) < 4.78 is 0. The van der Waals surface area contributed by atoms with Crippen LogP contribution in [0.3, 0.4) is 0 Å². The topological polar surface area (TPSA) is 65.5 Å². The van der Waals surface area contributed by atoms with Gasteiger partial charge in [-0.15, -0.1) is 11.3 Å². The van der Waals surface area contributed by atoms with Crippen molar-refractivity contribution in [3.05, 3.63) is 16.1 Å². The van der Waals surface area contributed by atoms with E-state index in [1.807, 2.05) is 12.3 Å². The molecule has 2 N–H and O–H groups in total. The van der Waals surface area contributed by atoms with E-state index in [0.717, 1.165) is 36.6 Å². The zero-order valence-electron chi connectivity index (χ0n) is 12.8. The number of aliphatic hydroxyl groups excluding tert-OH is 1. The number of likely N-dealkylation sites (tertiary alicyclic amines) is 1. The van der Waals surface area contributed by atoms with E-state index < -0.39 is 0 Å². The van der Waals surface area contributed by atoms with Gasteiger partial charge in [-0.25, -0.2) is 4.98 Å². The number of hydrogen-bond donors (Lipinski definition) is 2. The minimum absolute atomic E-state index is 0.0530. The Morgan fingerprint density at radius 3 is 3.00 bits per heavy atom. The Morgan fingerprint density at radius 2 is 2.38 bits per heavy atom. The summed E-state index contributed by atoms with van der Waals surface area (Å²) in [6.07, 6.45) is 2.59. The van der Waals surface area contributed by atoms with Crippen LogP contribution in [-0.2, 0) is 11.2 Å². The molecule has 118 valence electrons. The molecule has 2 atom stereocenters. The fourth-order valence-corrected chi connectivity index (χ4v) is 3.64. The number of thiazole rings is 1. The van der Waals surface area contributed by atoms with Crippen molar-refractivity contribution in [3.63, 3.8) is 0 Å². The van der Waals surface area contributed by atoms with Crippen molar-refractivity contribution >= 4 is 17.2 Å². The highest BCUT2D eigenvalue weighted by Crippen LogP contribution is 2.21. The third-order valence-electron chi connectivity index (χ3n) is 3.95. The number of nitrogens with zero attached hydrogens (tertiary/aromatic N) is 2. The minimum Gasteiger partial charge on any atom is -0.395 e. The van der Waals surface area contributed by atoms with Crippen molar-refractivity contribution in [1.29, 1.82) is 0 Å². The summed E-state index contributed by atoms with van der Waals surface area (Å²) in [6, 6.07) is 0.198. The lowest BCUT2D eigenvalue weighted by Gasteiger charge is -2.19. The highest BCUT2D eigenvalue weighted by Gasteiger charge is 2.32. The summed E-state index contributed by atoms with van der Waals surface area (Å²) >= 11 is 1.58. The van der Waals surface area contributed by atoms with Crippen molar-refractivity contribution in [2.24, 2.45) is 5.92 Å². The molecule has 1 fully saturated rings. The van der Waals surface area contributed by atoms with Gasteiger partial charge in [0, 0.05) is 31.1 Å². The van der Waals surface area contributed by atoms with Gasteiger partial charge in [0.05, 0.1) is 23.7 Å². The van der Waals surface area contributed by atoms with Gasteiger partial charge in [0.1, 0.15) is 0 Å². The molecule has 0 unspecified atom stereocenters. The Labute approximate surface area is 130 Å². The third-order valence-corrected chi connectivity index (χ3v) is 4.77. The zero-order chi connectivity index (χ0) is 15.2. The Morgan fingerprint density at radius 1 is 1.57 bits per heavy atom. The monoisotopic (exact) mass is 311 g/mol. The molecule has 0 aliphatic carbocycles. The van der Waals surface area contributed by atoms with Crippen molar-refractivity contribution in [3.8, 4) is 0 Å². The first-order valence-corrected chi connectivity index (χ1v) is 8.54. The number of hydrogen-bond acceptors (Lipinski definition) is 5. The molecular weight excluding hydrogens is 286 g/mol. The lowest BCUT2D eigenvalue weighted by atomic mass is 9.98. The smallest absolute Gasteiger partial charge is 0.226 e. The number of aliphatic hydroxyl groups is 1. The SMILES string of the molecule is CCC[C@@H]1CN(CCO)C[C@H]1NC(=O)Cc1csc(C)n1. The van der Waals surface area contributed by atoms with Gasteiger partial charge in [0.15, 0.2) is 0 Å². The summed E-state index contributed by atoms with van der Waals surface area (Å²) in [7, 11) is 0. The molecule has 1 amide bonds. The van der Waals surface area contributed by atoms with Gasteiger partial charge in [-0.2, -0.15) is 0 Å². The van der Waals surface area contributed by atoms with Gasteiger partial charge >= 0.3 is 0 Å². The molecule has 5 nitrogen and oxygen atoms in total. The first-order chi connectivity index (χ1) is 10.1. The van der Waals surface area contributed by atoms with Crippen LogP contribution in [0, 0.1) is 12.8 Å². The van der Waals surface area contributed by atoms with Crippen molar-refractivity contribution in [2.75, 3.05) is 26.2 Å². The molecule has 2 rings (SSSR count). The van der Waals surface area contributed by atoms with Crippen LogP contribution in [0.5, 0.6) is 0 Å². The molecular formula is C15H25N3O2S. The molecule has 1 aliphatic heterocycles. The normalized spacial score (nSPS) is 22.6. The van der Waals surface area contributed by atoms with Crippen LogP contribution in [-0.4, -0.2) is 53.2 Å². The van der Waals surface area contributed by atoms with E-state index in [4.69, 9.17) is 5.11 Å². The van der Waals surface area contributed by atoms with Crippen LogP contribution in [0.4, 0.5) is 0 Å². The summed E-state index contributed by atoms with van der Waals surface area (Å²) in [5, 5.41) is 15.2. The number of aromatic nitrogens is 1. The van der Waals surface area contributed by atoms with E-state index in [9.17, 15) is 4.79 Å². The second-order valence-electron chi connectivity index (χ2n) is 5.74. The van der Waals surface area contributed by atoms with Crippen LogP contribution < -0.4 is 5.32 Å². The second-order valence-corrected chi connectivity index (χ2v) is 6.80. The number of β-amino-alcohol motifs (C(OH)–C–C–N with tert-alkyl or cyclic N) is 1. The fraction of sp³-hybridized carbons (Fsp3) is 0.733. The molecule has 2 heterocycles. The van der Waals surface area contributed by atoms with Gasteiger partial charge in [-0.3, -0.25) is 9.69 Å². The molecule has 6 heteroatoms. The molecule has 1 aliphatic rings. The molecule has 1 aromatic rings. The standard InChI is InChI=1S/C15H25N3O2S/c1-3-4-12-8-18(5-6-19)9-14(12)17-15(20)7-13-10-21-11(2)16-13/h10,12,14,19H,3-9H2,1-2H3,(H,17,20)/t12-,14-/m1/s1. The average Bonchev–Trinajstić information content (AvgIpc) is 2.98. The molecule has 0 saturated carbocycles. The van der Waals surface area contributed by atoms with Crippen LogP contribution in [0.15, 0.2) is 5.38 Å². The lowest BCUT2D eigenvalue weighted by Crippen LogP contribution is -2.41. The predicted octanol–water partition coefficient (Wildman–Crippen LogP) is 1.20. The van der Waals surface area contributed by atoms with E-state index in [0.29, 0.717) is 18.9 Å². The first kappa shape index (κ1) is 16.4. The highest BCUT2D eigenvalue weighted by atomic mass is 32.1. The van der Waals surface area contributed by atoms with E-state index in [1.165, 1.54) is 0 Å². The van der Waals surface area contributed by atoms with Crippen molar-refractivity contribution < 1.29 is 9.90 Å². The Kier molecular flexibility index (Phi) is 6.14.